The lowest BCUT2D eigenvalue weighted by molar-refractivity contribution is 1.19. The molecule has 0 saturated carbocycles. The fourth-order valence-corrected chi connectivity index (χ4v) is 12.3. The Kier molecular flexibility index (Phi) is 7.56. The summed E-state index contributed by atoms with van der Waals surface area (Å²) in [7, 11) is 0. The van der Waals surface area contributed by atoms with E-state index in [0.717, 1.165) is 5.69 Å². The zero-order valence-electron chi connectivity index (χ0n) is 36.5. The highest BCUT2D eigenvalue weighted by Crippen LogP contribution is 2.64. The average Bonchev–Trinajstić information content (AvgIpc) is 4.03. The summed E-state index contributed by atoms with van der Waals surface area (Å²) in [6.45, 7) is 0. The molecule has 0 saturated heterocycles. The largest absolute Gasteiger partial charge is 0.309 e. The van der Waals surface area contributed by atoms with E-state index in [1.54, 1.807) is 0 Å². The van der Waals surface area contributed by atoms with Crippen LogP contribution in [0.4, 0.5) is 0 Å². The van der Waals surface area contributed by atoms with Gasteiger partial charge in [0.05, 0.1) is 11.0 Å². The van der Waals surface area contributed by atoms with Gasteiger partial charge in [0.1, 0.15) is 0 Å². The summed E-state index contributed by atoms with van der Waals surface area (Å²) >= 11 is 0. The van der Waals surface area contributed by atoms with E-state index < -0.39 is 0 Å². The van der Waals surface area contributed by atoms with Crippen molar-refractivity contribution < 1.29 is 0 Å². The Morgan fingerprint density at radius 2 is 0.507 bits per heavy atom. The molecule has 0 radical (unpaired) electrons. The Balaban J connectivity index is 1.10. The van der Waals surface area contributed by atoms with E-state index in [-0.39, 0.29) is 0 Å². The summed E-state index contributed by atoms with van der Waals surface area (Å²) in [4.78, 5) is 0. The molecule has 0 aliphatic heterocycles. The summed E-state index contributed by atoms with van der Waals surface area (Å²) in [6.07, 6.45) is 0. The molecule has 0 spiro atoms. The lowest BCUT2D eigenvalue weighted by Gasteiger charge is -2.22. The highest BCUT2D eigenvalue weighted by atomic mass is 15.0. The number of hydrogen-bond acceptors (Lipinski definition) is 0. The van der Waals surface area contributed by atoms with Crippen LogP contribution in [0.15, 0.2) is 237 Å². The molecule has 2 aliphatic rings. The second kappa shape index (κ2) is 13.9. The zero-order chi connectivity index (χ0) is 43.7. The number of rotatable bonds is 5. The number of fused-ring (bicyclic) bond motifs is 11. The van der Waals surface area contributed by atoms with Crippen LogP contribution in [0.5, 0.6) is 0 Å². The lowest BCUT2D eigenvalue weighted by Crippen LogP contribution is -1.97. The molecule has 0 atom stereocenters. The zero-order valence-corrected chi connectivity index (χ0v) is 36.5. The van der Waals surface area contributed by atoms with Crippen molar-refractivity contribution in [2.24, 2.45) is 0 Å². The first-order valence-electron chi connectivity index (χ1n) is 23.4. The Labute approximate surface area is 388 Å². The summed E-state index contributed by atoms with van der Waals surface area (Å²) < 4.78 is 2.46. The van der Waals surface area contributed by atoms with Crippen LogP contribution in [0.25, 0.3) is 149 Å². The van der Waals surface area contributed by atoms with Crippen LogP contribution in [0.1, 0.15) is 0 Å². The molecule has 308 valence electrons. The van der Waals surface area contributed by atoms with Gasteiger partial charge in [0, 0.05) is 16.5 Å². The van der Waals surface area contributed by atoms with E-state index in [1.807, 2.05) is 0 Å². The van der Waals surface area contributed by atoms with Gasteiger partial charge in [-0.25, -0.2) is 0 Å². The van der Waals surface area contributed by atoms with Crippen LogP contribution in [0.2, 0.25) is 0 Å². The van der Waals surface area contributed by atoms with Crippen molar-refractivity contribution >= 4 is 54.1 Å². The smallest absolute Gasteiger partial charge is 0.0541 e. The van der Waals surface area contributed by atoms with E-state index in [9.17, 15) is 0 Å². The van der Waals surface area contributed by atoms with Gasteiger partial charge in [0.15, 0.2) is 0 Å². The predicted molar refractivity (Wildman–Crippen MR) is 284 cm³/mol. The second-order valence-corrected chi connectivity index (χ2v) is 18.2. The van der Waals surface area contributed by atoms with E-state index in [0.29, 0.717) is 0 Å². The number of aromatic nitrogens is 1. The Bertz CT molecular complexity index is 4070. The SMILES string of the molecule is c1ccc(-c2c3c(c(-c4ccccc4)c4ccccc24)-c2ccc4c5c(ccc-3c25)-c2c-4c(-c3ccccc3)c3cc(-n4c5ccccc5c5ccccc54)ccc3c2-c2ccccc2)cc1. The van der Waals surface area contributed by atoms with Gasteiger partial charge >= 0.3 is 0 Å². The first-order chi connectivity index (χ1) is 33.3. The minimum Gasteiger partial charge on any atom is -0.309 e. The third kappa shape index (κ3) is 4.98. The first-order valence-corrected chi connectivity index (χ1v) is 23.4. The quantitative estimate of drug-likeness (QED) is 0.163. The molecule has 1 heterocycles. The molecule has 15 rings (SSSR count). The van der Waals surface area contributed by atoms with Crippen molar-refractivity contribution in [3.05, 3.63) is 237 Å². The van der Waals surface area contributed by atoms with Crippen LogP contribution in [-0.4, -0.2) is 4.57 Å². The van der Waals surface area contributed by atoms with Crippen LogP contribution >= 0.6 is 0 Å². The Morgan fingerprint density at radius 3 is 0.881 bits per heavy atom. The second-order valence-electron chi connectivity index (χ2n) is 18.2. The molecule has 0 amide bonds. The van der Waals surface area contributed by atoms with Gasteiger partial charge in [-0.3, -0.25) is 0 Å². The summed E-state index contributed by atoms with van der Waals surface area (Å²) in [6, 6.07) is 88.2. The van der Waals surface area contributed by atoms with Crippen LogP contribution < -0.4 is 0 Å². The molecular formula is C66H39N. The fraction of sp³-hybridized carbons (Fsp3) is 0. The molecule has 0 bridgehead atoms. The van der Waals surface area contributed by atoms with Gasteiger partial charge in [0.25, 0.3) is 0 Å². The van der Waals surface area contributed by atoms with E-state index in [4.69, 9.17) is 0 Å². The van der Waals surface area contributed by atoms with Gasteiger partial charge in [0.2, 0.25) is 0 Å². The normalized spacial score (nSPS) is 12.2. The third-order valence-electron chi connectivity index (χ3n) is 14.8. The molecule has 67 heavy (non-hydrogen) atoms. The maximum Gasteiger partial charge on any atom is 0.0541 e. The lowest BCUT2D eigenvalue weighted by atomic mass is 9.81. The van der Waals surface area contributed by atoms with Crippen LogP contribution in [-0.2, 0) is 0 Å². The van der Waals surface area contributed by atoms with Crippen molar-refractivity contribution in [1.29, 1.82) is 0 Å². The van der Waals surface area contributed by atoms with Crippen molar-refractivity contribution in [2.45, 2.75) is 0 Å². The van der Waals surface area contributed by atoms with Crippen molar-refractivity contribution in [2.75, 3.05) is 0 Å². The molecule has 0 N–H and O–H groups in total. The molecule has 0 fully saturated rings. The van der Waals surface area contributed by atoms with E-state index in [1.165, 1.54) is 143 Å². The molecule has 13 aromatic rings. The van der Waals surface area contributed by atoms with Crippen molar-refractivity contribution in [3.8, 4) is 94.7 Å². The van der Waals surface area contributed by atoms with E-state index >= 15 is 0 Å². The van der Waals surface area contributed by atoms with E-state index in [2.05, 4.69) is 241 Å². The summed E-state index contributed by atoms with van der Waals surface area (Å²) in [5.41, 5.74) is 24.1. The number of nitrogens with zero attached hydrogens (tertiary/aromatic N) is 1. The highest BCUT2D eigenvalue weighted by molar-refractivity contribution is 6.35. The third-order valence-corrected chi connectivity index (χ3v) is 14.8. The molecule has 2 aliphatic carbocycles. The fourth-order valence-electron chi connectivity index (χ4n) is 12.3. The molecule has 1 nitrogen and oxygen atoms in total. The summed E-state index contributed by atoms with van der Waals surface area (Å²) in [5, 5.41) is 10.3. The standard InChI is InChI=1S/C66H39N/c1-5-19-40(20-6-1)57-47-29-13-14-30-48(47)58(41-21-7-2-8-22-41)64-51-37-38-53-62-52(36-35-50(61(51)62)63(57)64)65-59(42-23-9-3-10-24-42)49-34-33-44(39-54(49)60(66(53)65)43-25-11-4-12-26-43)67-55-31-17-15-27-45(55)46-28-16-18-32-56(46)67/h1-39H. The minimum absolute atomic E-state index is 1.15. The van der Waals surface area contributed by atoms with Gasteiger partial charge < -0.3 is 4.57 Å². The van der Waals surface area contributed by atoms with Gasteiger partial charge in [-0.1, -0.05) is 212 Å². The number of benzene rings is 12. The topological polar surface area (TPSA) is 4.93 Å². The number of para-hydroxylation sites is 2. The molecular weight excluding hydrogens is 807 g/mol. The first kappa shape index (κ1) is 36.5. The van der Waals surface area contributed by atoms with Gasteiger partial charge in [-0.2, -0.15) is 0 Å². The Morgan fingerprint density at radius 1 is 0.209 bits per heavy atom. The maximum atomic E-state index is 2.47. The summed E-state index contributed by atoms with van der Waals surface area (Å²) in [5.74, 6) is 0. The van der Waals surface area contributed by atoms with Crippen LogP contribution in [0.3, 0.4) is 0 Å². The van der Waals surface area contributed by atoms with Crippen LogP contribution in [0, 0.1) is 0 Å². The predicted octanol–water partition coefficient (Wildman–Crippen LogP) is 18.2. The number of hydrogen-bond donors (Lipinski definition) is 0. The molecule has 1 aromatic heterocycles. The van der Waals surface area contributed by atoms with Gasteiger partial charge in [-0.05, 0) is 146 Å². The average molecular weight is 846 g/mol. The van der Waals surface area contributed by atoms with Gasteiger partial charge in [-0.15, -0.1) is 0 Å². The monoisotopic (exact) mass is 845 g/mol. The molecule has 1 heteroatoms. The highest BCUT2D eigenvalue weighted by Gasteiger charge is 2.37. The Hall–Kier alpha value is -8.78. The molecule has 12 aromatic carbocycles. The molecule has 0 unspecified atom stereocenters. The van der Waals surface area contributed by atoms with Crippen molar-refractivity contribution in [1.82, 2.24) is 4.57 Å². The maximum absolute atomic E-state index is 2.47. The minimum atomic E-state index is 1.15. The van der Waals surface area contributed by atoms with Crippen molar-refractivity contribution in [3.63, 3.8) is 0 Å².